The average Bonchev–Trinajstić information content (AvgIpc) is 2.91. The minimum Gasteiger partial charge on any atom is -0.383 e. The molecule has 2 aliphatic rings. The van der Waals surface area contributed by atoms with Gasteiger partial charge in [-0.2, -0.15) is 0 Å². The molecular weight excluding hydrogens is 320 g/mol. The van der Waals surface area contributed by atoms with Crippen molar-refractivity contribution in [2.24, 2.45) is 5.41 Å². The number of likely N-dealkylation sites (tertiary alicyclic amines) is 2. The van der Waals surface area contributed by atoms with Gasteiger partial charge in [-0.3, -0.25) is 9.59 Å². The first-order valence-electron chi connectivity index (χ1n) is 8.01. The third-order valence-corrected chi connectivity index (χ3v) is 5.73. The molecule has 2 saturated heterocycles. The highest BCUT2D eigenvalue weighted by Gasteiger charge is 2.49. The van der Waals surface area contributed by atoms with Crippen LogP contribution in [0.15, 0.2) is 0 Å². The van der Waals surface area contributed by atoms with Crippen LogP contribution in [0, 0.1) is 5.41 Å². The molecule has 2 amide bonds. The van der Waals surface area contributed by atoms with Crippen molar-refractivity contribution in [3.63, 3.8) is 0 Å². The predicted octanol–water partition coefficient (Wildman–Crippen LogP) is -0.0914. The minimum atomic E-state index is -3.15. The largest absolute Gasteiger partial charge is 0.383 e. The molecular formula is C15H26N2O5S. The molecule has 0 N–H and O–H groups in total. The summed E-state index contributed by atoms with van der Waals surface area (Å²) in [6, 6.07) is 0. The van der Waals surface area contributed by atoms with Crippen LogP contribution in [0.25, 0.3) is 0 Å². The van der Waals surface area contributed by atoms with Gasteiger partial charge in [0.05, 0.1) is 17.8 Å². The fraction of sp³-hybridized carbons (Fsp3) is 0.867. The molecule has 0 aliphatic carbocycles. The lowest BCUT2D eigenvalue weighted by molar-refractivity contribution is -0.146. The second kappa shape index (κ2) is 7.17. The van der Waals surface area contributed by atoms with E-state index < -0.39 is 15.3 Å². The van der Waals surface area contributed by atoms with Gasteiger partial charge in [-0.1, -0.05) is 0 Å². The van der Waals surface area contributed by atoms with E-state index in [2.05, 4.69) is 0 Å². The number of carbonyl (C=O) groups excluding carboxylic acids is 2. The smallest absolute Gasteiger partial charge is 0.230 e. The van der Waals surface area contributed by atoms with Gasteiger partial charge in [0.25, 0.3) is 0 Å². The number of sulfone groups is 1. The van der Waals surface area contributed by atoms with E-state index in [1.807, 2.05) is 4.90 Å². The third kappa shape index (κ3) is 4.44. The maximum atomic E-state index is 12.8. The predicted molar refractivity (Wildman–Crippen MR) is 85.6 cm³/mol. The fourth-order valence-electron chi connectivity index (χ4n) is 3.46. The summed E-state index contributed by atoms with van der Waals surface area (Å²) >= 11 is 0. The van der Waals surface area contributed by atoms with Crippen LogP contribution < -0.4 is 0 Å². The van der Waals surface area contributed by atoms with E-state index in [4.69, 9.17) is 4.74 Å². The topological polar surface area (TPSA) is 84.0 Å². The molecule has 2 rings (SSSR count). The molecule has 0 saturated carbocycles. The summed E-state index contributed by atoms with van der Waals surface area (Å²) < 4.78 is 27.4. The SMILES string of the molecule is COCCN1CCCC2(CCN(C(=O)CCS(C)(=O)=O)C2)C1=O. The van der Waals surface area contributed by atoms with Crippen LogP contribution in [0.1, 0.15) is 25.7 Å². The zero-order valence-electron chi connectivity index (χ0n) is 13.9. The lowest BCUT2D eigenvalue weighted by atomic mass is 9.78. The lowest BCUT2D eigenvalue weighted by Crippen LogP contribution is -2.51. The molecule has 132 valence electrons. The van der Waals surface area contributed by atoms with E-state index in [0.29, 0.717) is 32.7 Å². The zero-order chi connectivity index (χ0) is 17.1. The van der Waals surface area contributed by atoms with Gasteiger partial charge in [0.2, 0.25) is 11.8 Å². The monoisotopic (exact) mass is 346 g/mol. The highest BCUT2D eigenvalue weighted by Crippen LogP contribution is 2.40. The highest BCUT2D eigenvalue weighted by atomic mass is 32.2. The van der Waals surface area contributed by atoms with Crippen molar-refractivity contribution in [3.05, 3.63) is 0 Å². The van der Waals surface area contributed by atoms with Gasteiger partial charge in [-0.05, 0) is 19.3 Å². The maximum Gasteiger partial charge on any atom is 0.230 e. The number of ether oxygens (including phenoxy) is 1. The van der Waals surface area contributed by atoms with E-state index in [9.17, 15) is 18.0 Å². The molecule has 7 nitrogen and oxygen atoms in total. The van der Waals surface area contributed by atoms with Crippen molar-refractivity contribution in [3.8, 4) is 0 Å². The van der Waals surface area contributed by atoms with Crippen LogP contribution in [-0.4, -0.2) is 81.9 Å². The summed E-state index contributed by atoms with van der Waals surface area (Å²) in [7, 11) is -1.54. The van der Waals surface area contributed by atoms with Crippen LogP contribution >= 0.6 is 0 Å². The van der Waals surface area contributed by atoms with Crippen LogP contribution in [0.3, 0.4) is 0 Å². The van der Waals surface area contributed by atoms with E-state index in [0.717, 1.165) is 25.6 Å². The minimum absolute atomic E-state index is 0.00348. The number of amides is 2. The van der Waals surface area contributed by atoms with Crippen molar-refractivity contribution in [2.75, 3.05) is 51.9 Å². The van der Waals surface area contributed by atoms with Crippen molar-refractivity contribution in [1.29, 1.82) is 0 Å². The summed E-state index contributed by atoms with van der Waals surface area (Å²) in [6.07, 6.45) is 3.52. The molecule has 1 spiro atoms. The van der Waals surface area contributed by atoms with Gasteiger partial charge in [-0.25, -0.2) is 8.42 Å². The average molecular weight is 346 g/mol. The quantitative estimate of drug-likeness (QED) is 0.671. The second-order valence-electron chi connectivity index (χ2n) is 6.61. The van der Waals surface area contributed by atoms with E-state index >= 15 is 0 Å². The molecule has 0 aromatic heterocycles. The lowest BCUT2D eigenvalue weighted by Gasteiger charge is -2.39. The number of nitrogens with zero attached hydrogens (tertiary/aromatic N) is 2. The Morgan fingerprint density at radius 3 is 2.70 bits per heavy atom. The Kier molecular flexibility index (Phi) is 5.67. The molecule has 0 bridgehead atoms. The third-order valence-electron chi connectivity index (χ3n) is 4.78. The Morgan fingerprint density at radius 1 is 1.30 bits per heavy atom. The number of rotatable bonds is 6. The first-order chi connectivity index (χ1) is 10.8. The zero-order valence-corrected chi connectivity index (χ0v) is 14.7. The van der Waals surface area contributed by atoms with Crippen molar-refractivity contribution in [1.82, 2.24) is 9.80 Å². The first-order valence-corrected chi connectivity index (χ1v) is 10.1. The van der Waals surface area contributed by atoms with Crippen molar-refractivity contribution < 1.29 is 22.7 Å². The van der Waals surface area contributed by atoms with E-state index in [1.54, 1.807) is 12.0 Å². The molecule has 23 heavy (non-hydrogen) atoms. The number of hydrogen-bond donors (Lipinski definition) is 0. The second-order valence-corrected chi connectivity index (χ2v) is 8.87. The Labute approximate surface area is 137 Å². The Bertz CT molecular complexity index is 562. The number of carbonyl (C=O) groups is 2. The number of hydrogen-bond acceptors (Lipinski definition) is 5. The normalized spacial score (nSPS) is 25.4. The summed E-state index contributed by atoms with van der Waals surface area (Å²) in [6.45, 7) is 2.79. The van der Waals surface area contributed by atoms with Crippen LogP contribution in [0.4, 0.5) is 0 Å². The molecule has 1 atom stereocenters. The van der Waals surface area contributed by atoms with Gasteiger partial charge in [0.1, 0.15) is 9.84 Å². The Balaban J connectivity index is 1.96. The Hall–Kier alpha value is -1.15. The Morgan fingerprint density at radius 2 is 2.04 bits per heavy atom. The van der Waals surface area contributed by atoms with Gasteiger partial charge in [0, 0.05) is 46.0 Å². The van der Waals surface area contributed by atoms with Gasteiger partial charge < -0.3 is 14.5 Å². The van der Waals surface area contributed by atoms with Gasteiger partial charge in [-0.15, -0.1) is 0 Å². The van der Waals surface area contributed by atoms with E-state index in [1.165, 1.54) is 0 Å². The summed E-state index contributed by atoms with van der Waals surface area (Å²) in [4.78, 5) is 28.5. The molecule has 0 aromatic rings. The molecule has 8 heteroatoms. The fourth-order valence-corrected chi connectivity index (χ4v) is 4.01. The molecule has 2 aliphatic heterocycles. The molecule has 2 fully saturated rings. The maximum absolute atomic E-state index is 12.8. The molecule has 0 radical (unpaired) electrons. The van der Waals surface area contributed by atoms with Crippen LogP contribution in [-0.2, 0) is 24.2 Å². The summed E-state index contributed by atoms with van der Waals surface area (Å²) in [5.41, 5.74) is -0.479. The summed E-state index contributed by atoms with van der Waals surface area (Å²) in [5.74, 6) is -0.197. The van der Waals surface area contributed by atoms with Gasteiger partial charge >= 0.3 is 0 Å². The number of piperidine rings is 1. The van der Waals surface area contributed by atoms with Crippen molar-refractivity contribution in [2.45, 2.75) is 25.7 Å². The van der Waals surface area contributed by atoms with Crippen molar-refractivity contribution >= 4 is 21.7 Å². The molecule has 0 aromatic carbocycles. The van der Waals surface area contributed by atoms with Crippen LogP contribution in [0.5, 0.6) is 0 Å². The highest BCUT2D eigenvalue weighted by molar-refractivity contribution is 7.90. The number of methoxy groups -OCH3 is 1. The van der Waals surface area contributed by atoms with Gasteiger partial charge in [0.15, 0.2) is 0 Å². The first kappa shape index (κ1) is 18.2. The summed E-state index contributed by atoms with van der Waals surface area (Å²) in [5, 5.41) is 0. The molecule has 2 heterocycles. The van der Waals surface area contributed by atoms with Crippen LogP contribution in [0.2, 0.25) is 0 Å². The standard InChI is InChI=1S/C15H26N2O5S/c1-22-10-9-16-7-3-5-15(14(16)19)6-8-17(12-15)13(18)4-11-23(2,20)21/h3-12H2,1-2H3. The molecule has 1 unspecified atom stereocenters. The van der Waals surface area contributed by atoms with E-state index in [-0.39, 0.29) is 24.0 Å².